The van der Waals surface area contributed by atoms with Gasteiger partial charge in [0.1, 0.15) is 0 Å². The van der Waals surface area contributed by atoms with Gasteiger partial charge in [-0.3, -0.25) is 4.79 Å². The fourth-order valence-corrected chi connectivity index (χ4v) is 4.44. The molecule has 2 aromatic carbocycles. The van der Waals surface area contributed by atoms with Gasteiger partial charge < -0.3 is 5.73 Å². The molecule has 3 aromatic rings. The highest BCUT2D eigenvalue weighted by Gasteiger charge is 2.14. The van der Waals surface area contributed by atoms with Crippen LogP contribution in [0.2, 0.25) is 0 Å². The van der Waals surface area contributed by atoms with E-state index in [1.807, 2.05) is 24.3 Å². The summed E-state index contributed by atoms with van der Waals surface area (Å²) >= 11 is 1.62. The van der Waals surface area contributed by atoms with Crippen molar-refractivity contribution in [3.8, 4) is 0 Å². The van der Waals surface area contributed by atoms with Crippen LogP contribution in [0.3, 0.4) is 0 Å². The van der Waals surface area contributed by atoms with Crippen molar-refractivity contribution in [3.05, 3.63) is 59.1 Å². The normalized spacial score (nSPS) is 11.7. The quantitative estimate of drug-likeness (QED) is 0.619. The number of benzene rings is 2. The molecule has 3 rings (SSSR count). The Balaban J connectivity index is 1.56. The number of amides is 1. The third-order valence-corrected chi connectivity index (χ3v) is 6.22. The van der Waals surface area contributed by atoms with Crippen molar-refractivity contribution in [3.63, 3.8) is 0 Å². The third kappa shape index (κ3) is 4.22. The number of para-hydroxylation sites is 1. The van der Waals surface area contributed by atoms with Crippen LogP contribution in [0.25, 0.3) is 10.2 Å². The van der Waals surface area contributed by atoms with Crippen LogP contribution in [0.15, 0.2) is 53.4 Å². The van der Waals surface area contributed by atoms with Crippen molar-refractivity contribution in [2.24, 2.45) is 5.73 Å². The van der Waals surface area contributed by atoms with Crippen LogP contribution < -0.4 is 10.5 Å². The second-order valence-corrected chi connectivity index (χ2v) is 8.35. The number of thiazole rings is 1. The summed E-state index contributed by atoms with van der Waals surface area (Å²) in [6.45, 7) is 0.315. The monoisotopic (exact) mass is 375 g/mol. The largest absolute Gasteiger partial charge is 0.366 e. The first-order valence-electron chi connectivity index (χ1n) is 7.70. The zero-order chi connectivity index (χ0) is 17.9. The van der Waals surface area contributed by atoms with Crippen LogP contribution in [0, 0.1) is 0 Å². The van der Waals surface area contributed by atoms with Crippen molar-refractivity contribution in [2.75, 3.05) is 6.54 Å². The molecule has 0 aliphatic rings. The van der Waals surface area contributed by atoms with Crippen molar-refractivity contribution in [2.45, 2.75) is 17.7 Å². The van der Waals surface area contributed by atoms with E-state index in [-0.39, 0.29) is 10.5 Å². The molecule has 0 saturated heterocycles. The van der Waals surface area contributed by atoms with Gasteiger partial charge in [0.2, 0.25) is 15.9 Å². The summed E-state index contributed by atoms with van der Waals surface area (Å²) in [6, 6.07) is 13.5. The predicted molar refractivity (Wildman–Crippen MR) is 98.1 cm³/mol. The van der Waals surface area contributed by atoms with Gasteiger partial charge in [0.15, 0.2) is 0 Å². The molecular formula is C17H17N3O3S2. The Bertz CT molecular complexity index is 962. The SMILES string of the molecule is NC(=O)c1ccc(S(=O)(=O)NCCCc2nc3ccccc3s2)cc1. The van der Waals surface area contributed by atoms with E-state index in [0.29, 0.717) is 19.4 Å². The number of hydrogen-bond donors (Lipinski definition) is 2. The van der Waals surface area contributed by atoms with E-state index in [4.69, 9.17) is 5.73 Å². The molecule has 0 atom stereocenters. The van der Waals surface area contributed by atoms with Gasteiger partial charge in [-0.2, -0.15) is 0 Å². The molecule has 6 nitrogen and oxygen atoms in total. The number of nitrogens with two attached hydrogens (primary N) is 1. The van der Waals surface area contributed by atoms with E-state index in [1.54, 1.807) is 11.3 Å². The molecule has 0 spiro atoms. The number of carbonyl (C=O) groups excluding carboxylic acids is 1. The zero-order valence-corrected chi connectivity index (χ0v) is 14.9. The summed E-state index contributed by atoms with van der Waals surface area (Å²) in [7, 11) is -3.60. The Morgan fingerprint density at radius 3 is 2.52 bits per heavy atom. The average molecular weight is 375 g/mol. The number of primary amides is 1. The highest BCUT2D eigenvalue weighted by molar-refractivity contribution is 7.89. The smallest absolute Gasteiger partial charge is 0.248 e. The second kappa shape index (κ2) is 7.30. The number of hydrogen-bond acceptors (Lipinski definition) is 5. The molecule has 0 aliphatic heterocycles. The number of sulfonamides is 1. The minimum Gasteiger partial charge on any atom is -0.366 e. The molecule has 0 unspecified atom stereocenters. The van der Waals surface area contributed by atoms with Crippen molar-refractivity contribution in [1.82, 2.24) is 9.71 Å². The number of nitrogens with zero attached hydrogens (tertiary/aromatic N) is 1. The number of rotatable bonds is 7. The van der Waals surface area contributed by atoms with E-state index < -0.39 is 15.9 Å². The highest BCUT2D eigenvalue weighted by Crippen LogP contribution is 2.22. The first-order valence-corrected chi connectivity index (χ1v) is 10.00. The molecule has 1 aromatic heterocycles. The minimum absolute atomic E-state index is 0.109. The van der Waals surface area contributed by atoms with E-state index in [9.17, 15) is 13.2 Å². The van der Waals surface area contributed by atoms with Gasteiger partial charge in [0.25, 0.3) is 0 Å². The number of aryl methyl sites for hydroxylation is 1. The third-order valence-electron chi connectivity index (χ3n) is 3.65. The lowest BCUT2D eigenvalue weighted by Crippen LogP contribution is -2.25. The molecule has 25 heavy (non-hydrogen) atoms. The molecule has 0 bridgehead atoms. The van der Waals surface area contributed by atoms with Crippen LogP contribution in [0.4, 0.5) is 0 Å². The first kappa shape index (κ1) is 17.5. The molecule has 0 radical (unpaired) electrons. The van der Waals surface area contributed by atoms with Crippen molar-refractivity contribution < 1.29 is 13.2 Å². The first-order chi connectivity index (χ1) is 12.0. The highest BCUT2D eigenvalue weighted by atomic mass is 32.2. The summed E-state index contributed by atoms with van der Waals surface area (Å²) in [5, 5.41) is 0.992. The summed E-state index contributed by atoms with van der Waals surface area (Å²) in [4.78, 5) is 15.7. The lowest BCUT2D eigenvalue weighted by Gasteiger charge is -2.06. The predicted octanol–water partition coefficient (Wildman–Crippen LogP) is 2.31. The maximum atomic E-state index is 12.2. The van der Waals surface area contributed by atoms with E-state index in [1.165, 1.54) is 24.3 Å². The molecule has 0 aliphatic carbocycles. The molecular weight excluding hydrogens is 358 g/mol. The summed E-state index contributed by atoms with van der Waals surface area (Å²) in [5.41, 5.74) is 6.39. The average Bonchev–Trinajstić information content (AvgIpc) is 3.01. The van der Waals surface area contributed by atoms with E-state index in [0.717, 1.165) is 15.2 Å². The molecule has 1 heterocycles. The van der Waals surface area contributed by atoms with Crippen LogP contribution in [0.1, 0.15) is 21.8 Å². The molecule has 3 N–H and O–H groups in total. The fourth-order valence-electron chi connectivity index (χ4n) is 2.35. The summed E-state index contributed by atoms with van der Waals surface area (Å²) in [6.07, 6.45) is 1.36. The van der Waals surface area contributed by atoms with Gasteiger partial charge in [-0.25, -0.2) is 18.1 Å². The number of carbonyl (C=O) groups is 1. The van der Waals surface area contributed by atoms with Crippen molar-refractivity contribution in [1.29, 1.82) is 0 Å². The van der Waals surface area contributed by atoms with Gasteiger partial charge in [-0.1, -0.05) is 12.1 Å². The lowest BCUT2D eigenvalue weighted by molar-refractivity contribution is 0.1000. The van der Waals surface area contributed by atoms with Gasteiger partial charge in [-0.05, 0) is 42.8 Å². The Labute approximate surface area is 149 Å². The van der Waals surface area contributed by atoms with Crippen molar-refractivity contribution >= 4 is 37.5 Å². The Morgan fingerprint density at radius 1 is 1.12 bits per heavy atom. The minimum atomic E-state index is -3.60. The number of aromatic nitrogens is 1. The molecule has 1 amide bonds. The van der Waals surface area contributed by atoms with Crippen LogP contribution in [-0.4, -0.2) is 25.9 Å². The standard InChI is InChI=1S/C17H17N3O3S2/c18-17(21)12-7-9-13(10-8-12)25(22,23)19-11-3-6-16-20-14-4-1-2-5-15(14)24-16/h1-2,4-5,7-10,19H,3,6,11H2,(H2,18,21). The Morgan fingerprint density at radius 2 is 1.84 bits per heavy atom. The van der Waals surface area contributed by atoms with Crippen LogP contribution >= 0.6 is 11.3 Å². The molecule has 8 heteroatoms. The maximum Gasteiger partial charge on any atom is 0.248 e. The van der Waals surface area contributed by atoms with Gasteiger partial charge in [0.05, 0.1) is 20.1 Å². The van der Waals surface area contributed by atoms with E-state index >= 15 is 0 Å². The molecule has 130 valence electrons. The topological polar surface area (TPSA) is 102 Å². The van der Waals surface area contributed by atoms with E-state index in [2.05, 4.69) is 9.71 Å². The molecule has 0 saturated carbocycles. The second-order valence-electron chi connectivity index (χ2n) is 5.47. The van der Waals surface area contributed by atoms with Gasteiger partial charge in [0, 0.05) is 18.5 Å². The summed E-state index contributed by atoms with van der Waals surface area (Å²) < 4.78 is 28.1. The Hall–Kier alpha value is -2.29. The zero-order valence-electron chi connectivity index (χ0n) is 13.3. The Kier molecular flexibility index (Phi) is 5.12. The van der Waals surface area contributed by atoms with Crippen LogP contribution in [0.5, 0.6) is 0 Å². The van der Waals surface area contributed by atoms with Gasteiger partial charge >= 0.3 is 0 Å². The number of nitrogens with one attached hydrogen (secondary N) is 1. The van der Waals surface area contributed by atoms with Gasteiger partial charge in [-0.15, -0.1) is 11.3 Å². The number of fused-ring (bicyclic) bond motifs is 1. The molecule has 0 fully saturated rings. The fraction of sp³-hybridized carbons (Fsp3) is 0.176. The maximum absolute atomic E-state index is 12.2. The summed E-state index contributed by atoms with van der Waals surface area (Å²) in [5.74, 6) is -0.590. The van der Waals surface area contributed by atoms with Crippen LogP contribution in [-0.2, 0) is 16.4 Å². The lowest BCUT2D eigenvalue weighted by atomic mass is 10.2.